The van der Waals surface area contributed by atoms with Gasteiger partial charge in [0.2, 0.25) is 5.88 Å². The van der Waals surface area contributed by atoms with Crippen molar-refractivity contribution in [1.82, 2.24) is 9.55 Å². The highest BCUT2D eigenvalue weighted by Gasteiger charge is 2.28. The third-order valence-corrected chi connectivity index (χ3v) is 5.74. The van der Waals surface area contributed by atoms with Gasteiger partial charge in [-0.2, -0.15) is 0 Å². The third-order valence-electron chi connectivity index (χ3n) is 5.74. The van der Waals surface area contributed by atoms with Gasteiger partial charge in [0.05, 0.1) is 20.3 Å². The molecule has 0 saturated carbocycles. The van der Waals surface area contributed by atoms with Gasteiger partial charge in [-0.25, -0.2) is 14.2 Å². The zero-order valence-electron chi connectivity index (χ0n) is 19.3. The summed E-state index contributed by atoms with van der Waals surface area (Å²) in [6.45, 7) is 6.20. The lowest BCUT2D eigenvalue weighted by Gasteiger charge is -2.13. The van der Waals surface area contributed by atoms with Crippen molar-refractivity contribution in [2.45, 2.75) is 33.7 Å². The van der Waals surface area contributed by atoms with Crippen molar-refractivity contribution in [1.29, 1.82) is 0 Å². The predicted molar refractivity (Wildman–Crippen MR) is 127 cm³/mol. The zero-order chi connectivity index (χ0) is 23.5. The molecule has 0 N–H and O–H groups in total. The van der Waals surface area contributed by atoms with Gasteiger partial charge < -0.3 is 14.0 Å². The normalized spacial score (nSPS) is 11.1. The average Bonchev–Trinajstić information content (AvgIpc) is 3.13. The Morgan fingerprint density at radius 1 is 1.12 bits per heavy atom. The van der Waals surface area contributed by atoms with Crippen molar-refractivity contribution >= 4 is 16.9 Å². The van der Waals surface area contributed by atoms with Crippen LogP contribution in [0.1, 0.15) is 41.0 Å². The molecule has 0 fully saturated rings. The number of rotatable bonds is 7. The summed E-state index contributed by atoms with van der Waals surface area (Å²) in [5, 5.41) is 0.874. The minimum absolute atomic E-state index is 0.185. The van der Waals surface area contributed by atoms with Gasteiger partial charge in [-0.1, -0.05) is 31.2 Å². The summed E-state index contributed by atoms with van der Waals surface area (Å²) in [6.07, 6.45) is 2.56. The summed E-state index contributed by atoms with van der Waals surface area (Å²) in [6, 6.07) is 14.6. The van der Waals surface area contributed by atoms with Crippen LogP contribution in [0.25, 0.3) is 22.0 Å². The Hall–Kier alpha value is -3.67. The molecule has 4 aromatic rings. The fraction of sp³-hybridized carbons (Fsp3) is 0.259. The number of hydrogen-bond acceptors (Lipinski definition) is 4. The number of aryl methyl sites for hydroxylation is 2. The lowest BCUT2D eigenvalue weighted by Crippen LogP contribution is -2.15. The van der Waals surface area contributed by atoms with Gasteiger partial charge in [-0.05, 0) is 55.7 Å². The van der Waals surface area contributed by atoms with E-state index in [9.17, 15) is 9.18 Å². The number of aromatic nitrogens is 2. The van der Waals surface area contributed by atoms with Crippen LogP contribution < -0.4 is 4.74 Å². The van der Waals surface area contributed by atoms with Gasteiger partial charge >= 0.3 is 5.97 Å². The highest BCUT2D eigenvalue weighted by atomic mass is 19.1. The van der Waals surface area contributed by atoms with Gasteiger partial charge in [-0.15, -0.1) is 0 Å². The molecule has 2 aromatic heterocycles. The van der Waals surface area contributed by atoms with Crippen LogP contribution in [0, 0.1) is 12.7 Å². The Bertz CT molecular complexity index is 1330. The number of benzene rings is 2. The molecule has 0 bridgehead atoms. The van der Waals surface area contributed by atoms with E-state index in [2.05, 4.69) is 18.0 Å². The molecule has 0 amide bonds. The number of nitrogens with zero attached hydrogens (tertiary/aromatic N) is 2. The molecule has 0 spiro atoms. The van der Waals surface area contributed by atoms with E-state index in [1.807, 2.05) is 29.7 Å². The number of fused-ring (bicyclic) bond motifs is 1. The minimum atomic E-state index is -0.471. The first-order valence-electron chi connectivity index (χ1n) is 11.0. The first-order chi connectivity index (χ1) is 16.0. The van der Waals surface area contributed by atoms with E-state index in [1.54, 1.807) is 38.4 Å². The number of ether oxygens (including phenoxy) is 2. The lowest BCUT2D eigenvalue weighted by atomic mass is 9.99. The Kier molecular flexibility index (Phi) is 6.45. The molecule has 0 atom stereocenters. The van der Waals surface area contributed by atoms with Gasteiger partial charge in [0.25, 0.3) is 0 Å². The third kappa shape index (κ3) is 4.21. The Morgan fingerprint density at radius 2 is 1.91 bits per heavy atom. The lowest BCUT2D eigenvalue weighted by molar-refractivity contribution is 0.0516. The fourth-order valence-electron chi connectivity index (χ4n) is 4.17. The minimum Gasteiger partial charge on any atom is -0.481 e. The zero-order valence-corrected chi connectivity index (χ0v) is 19.3. The number of halogens is 1. The highest BCUT2D eigenvalue weighted by molar-refractivity contribution is 6.09. The van der Waals surface area contributed by atoms with Crippen LogP contribution in [-0.2, 0) is 17.7 Å². The first kappa shape index (κ1) is 22.5. The van der Waals surface area contributed by atoms with Gasteiger partial charge in [0.1, 0.15) is 11.5 Å². The summed E-state index contributed by atoms with van der Waals surface area (Å²) < 4.78 is 27.5. The van der Waals surface area contributed by atoms with Crippen LogP contribution in [-0.4, -0.2) is 29.2 Å². The average molecular weight is 447 g/mol. The summed E-state index contributed by atoms with van der Waals surface area (Å²) in [5.41, 5.74) is 5.10. The highest BCUT2D eigenvalue weighted by Crippen LogP contribution is 2.40. The second-order valence-corrected chi connectivity index (χ2v) is 7.90. The standard InChI is InChI=1S/C27H27FN2O3/c1-5-18-11-12-23-20(14-18)24(21-13-17(3)15-29-26(21)32-4)25(27(31)33-6-2)30(23)16-19-9-7-8-10-22(19)28/h7-15H,5-6,16H2,1-4H3. The Labute approximate surface area is 192 Å². The molecule has 4 rings (SSSR count). The molecule has 0 radical (unpaired) electrons. The molecule has 2 aromatic carbocycles. The van der Waals surface area contributed by atoms with Crippen molar-refractivity contribution in [2.24, 2.45) is 0 Å². The Morgan fingerprint density at radius 3 is 2.61 bits per heavy atom. The molecule has 5 nitrogen and oxygen atoms in total. The maximum atomic E-state index is 14.6. The van der Waals surface area contributed by atoms with Crippen molar-refractivity contribution in [2.75, 3.05) is 13.7 Å². The molecule has 170 valence electrons. The van der Waals surface area contributed by atoms with E-state index >= 15 is 0 Å². The van der Waals surface area contributed by atoms with Crippen LogP contribution in [0.5, 0.6) is 5.88 Å². The molecule has 0 unspecified atom stereocenters. The smallest absolute Gasteiger partial charge is 0.355 e. The number of pyridine rings is 1. The van der Waals surface area contributed by atoms with E-state index in [1.165, 1.54) is 6.07 Å². The number of carbonyl (C=O) groups excluding carboxylic acids is 1. The van der Waals surface area contributed by atoms with E-state index in [-0.39, 0.29) is 19.0 Å². The maximum absolute atomic E-state index is 14.6. The number of carbonyl (C=O) groups is 1. The molecule has 33 heavy (non-hydrogen) atoms. The van der Waals surface area contributed by atoms with Crippen LogP contribution in [0.3, 0.4) is 0 Å². The van der Waals surface area contributed by atoms with E-state index in [0.717, 1.165) is 28.5 Å². The van der Waals surface area contributed by atoms with Crippen LogP contribution in [0.15, 0.2) is 54.7 Å². The fourth-order valence-corrected chi connectivity index (χ4v) is 4.17. The quantitative estimate of drug-likeness (QED) is 0.329. The summed E-state index contributed by atoms with van der Waals surface area (Å²) in [5.74, 6) is -0.379. The van der Waals surface area contributed by atoms with E-state index < -0.39 is 5.97 Å². The Balaban J connectivity index is 2.11. The predicted octanol–water partition coefficient (Wildman–Crippen LogP) is 5.95. The molecular weight excluding hydrogens is 419 g/mol. The molecule has 6 heteroatoms. The SMILES string of the molecule is CCOC(=O)c1c(-c2cc(C)cnc2OC)c2cc(CC)ccc2n1Cc1ccccc1F. The van der Waals surface area contributed by atoms with Gasteiger partial charge in [0, 0.05) is 33.8 Å². The maximum Gasteiger partial charge on any atom is 0.355 e. The van der Waals surface area contributed by atoms with Gasteiger partial charge in [-0.3, -0.25) is 0 Å². The molecule has 0 aliphatic carbocycles. The molecular formula is C27H27FN2O3. The van der Waals surface area contributed by atoms with Gasteiger partial charge in [0.15, 0.2) is 0 Å². The molecule has 2 heterocycles. The summed E-state index contributed by atoms with van der Waals surface area (Å²) >= 11 is 0. The first-order valence-corrected chi connectivity index (χ1v) is 11.0. The second-order valence-electron chi connectivity index (χ2n) is 7.90. The van der Waals surface area contributed by atoms with Crippen molar-refractivity contribution in [3.63, 3.8) is 0 Å². The van der Waals surface area contributed by atoms with Crippen LogP contribution in [0.4, 0.5) is 4.39 Å². The van der Waals surface area contributed by atoms with Crippen molar-refractivity contribution < 1.29 is 18.7 Å². The van der Waals surface area contributed by atoms with Crippen LogP contribution >= 0.6 is 0 Å². The van der Waals surface area contributed by atoms with Crippen molar-refractivity contribution in [3.05, 3.63) is 82.9 Å². The largest absolute Gasteiger partial charge is 0.481 e. The molecule has 0 saturated heterocycles. The number of hydrogen-bond donors (Lipinski definition) is 0. The van der Waals surface area contributed by atoms with E-state index in [0.29, 0.717) is 28.3 Å². The summed E-state index contributed by atoms with van der Waals surface area (Å²) in [7, 11) is 1.56. The second kappa shape index (κ2) is 9.45. The van der Waals surface area contributed by atoms with Crippen molar-refractivity contribution in [3.8, 4) is 17.0 Å². The summed E-state index contributed by atoms with van der Waals surface area (Å²) in [4.78, 5) is 17.8. The topological polar surface area (TPSA) is 53.4 Å². The van der Waals surface area contributed by atoms with E-state index in [4.69, 9.17) is 9.47 Å². The molecule has 0 aliphatic heterocycles. The molecule has 0 aliphatic rings. The number of esters is 1. The monoisotopic (exact) mass is 446 g/mol. The van der Waals surface area contributed by atoms with Crippen LogP contribution in [0.2, 0.25) is 0 Å². The number of methoxy groups -OCH3 is 1.